The molecule has 5 heteroatoms. The number of benzene rings is 2. The number of alkyl halides is 3. The molecular weight excluding hydrogens is 353 g/mol. The van der Waals surface area contributed by atoms with E-state index in [0.29, 0.717) is 0 Å². The van der Waals surface area contributed by atoms with Gasteiger partial charge in [0.1, 0.15) is 5.75 Å². The molecule has 0 aliphatic carbocycles. The van der Waals surface area contributed by atoms with Crippen molar-refractivity contribution >= 4 is 5.97 Å². The predicted molar refractivity (Wildman–Crippen MR) is 102 cm³/mol. The SMILES string of the molecule is CC.CC(C)(C)C(C)(C(=O)Oc1ccc(-c2ccccc2)cc1)C(F)(F)F. The van der Waals surface area contributed by atoms with Crippen molar-refractivity contribution in [2.45, 2.75) is 47.7 Å². The number of rotatable bonds is 3. The Morgan fingerprint density at radius 1 is 0.778 bits per heavy atom. The van der Waals surface area contributed by atoms with E-state index < -0.39 is 23.0 Å². The standard InChI is InChI=1S/C20H21F3O2.C2H6/c1-18(2,3)19(4,20(21,22)23)17(24)25-16-12-10-15(11-13-16)14-8-6-5-7-9-14;1-2/h5-13H,1-4H3;1-2H3. The van der Waals surface area contributed by atoms with Gasteiger partial charge in [0.15, 0.2) is 5.41 Å². The van der Waals surface area contributed by atoms with E-state index in [0.717, 1.165) is 18.1 Å². The zero-order valence-corrected chi connectivity index (χ0v) is 16.6. The zero-order valence-electron chi connectivity index (χ0n) is 16.6. The first kappa shape index (κ1) is 22.7. The van der Waals surface area contributed by atoms with E-state index in [1.165, 1.54) is 32.9 Å². The highest BCUT2D eigenvalue weighted by molar-refractivity contribution is 5.81. The summed E-state index contributed by atoms with van der Waals surface area (Å²) in [5, 5.41) is 0. The van der Waals surface area contributed by atoms with Crippen molar-refractivity contribution in [3.05, 3.63) is 54.6 Å². The Kier molecular flexibility index (Phi) is 7.24. The van der Waals surface area contributed by atoms with Gasteiger partial charge in [-0.15, -0.1) is 0 Å². The molecule has 0 amide bonds. The fraction of sp³-hybridized carbons (Fsp3) is 0.409. The van der Waals surface area contributed by atoms with Gasteiger partial charge in [-0.1, -0.05) is 77.1 Å². The number of hydrogen-bond acceptors (Lipinski definition) is 2. The van der Waals surface area contributed by atoms with E-state index in [1.807, 2.05) is 44.2 Å². The third-order valence-electron chi connectivity index (χ3n) is 4.65. The van der Waals surface area contributed by atoms with Gasteiger partial charge in [0.25, 0.3) is 0 Å². The van der Waals surface area contributed by atoms with Crippen molar-refractivity contribution in [1.29, 1.82) is 0 Å². The summed E-state index contributed by atoms with van der Waals surface area (Å²) in [4.78, 5) is 12.3. The van der Waals surface area contributed by atoms with Crippen LogP contribution >= 0.6 is 0 Å². The normalized spacial score (nSPS) is 13.8. The second-order valence-corrected chi connectivity index (χ2v) is 7.15. The molecule has 0 aliphatic heterocycles. The molecule has 0 saturated heterocycles. The van der Waals surface area contributed by atoms with Crippen molar-refractivity contribution in [3.63, 3.8) is 0 Å². The van der Waals surface area contributed by atoms with Crippen LogP contribution in [0.5, 0.6) is 5.75 Å². The molecule has 2 aromatic rings. The number of carbonyl (C=O) groups excluding carboxylic acids is 1. The van der Waals surface area contributed by atoms with E-state index in [4.69, 9.17) is 4.74 Å². The summed E-state index contributed by atoms with van der Waals surface area (Å²) in [5.74, 6) is -1.22. The molecule has 1 unspecified atom stereocenters. The lowest BCUT2D eigenvalue weighted by molar-refractivity contribution is -0.250. The van der Waals surface area contributed by atoms with Crippen LogP contribution in [-0.4, -0.2) is 12.1 Å². The molecule has 0 aromatic heterocycles. The number of hydrogen-bond donors (Lipinski definition) is 0. The summed E-state index contributed by atoms with van der Waals surface area (Å²) < 4.78 is 45.7. The van der Waals surface area contributed by atoms with Gasteiger partial charge < -0.3 is 4.74 Å². The molecule has 2 nitrogen and oxygen atoms in total. The van der Waals surface area contributed by atoms with Gasteiger partial charge in [-0.05, 0) is 35.6 Å². The summed E-state index contributed by atoms with van der Waals surface area (Å²) in [6.07, 6.45) is -4.72. The van der Waals surface area contributed by atoms with Crippen LogP contribution in [-0.2, 0) is 4.79 Å². The molecule has 0 heterocycles. The molecule has 2 aromatic carbocycles. The molecule has 0 fully saturated rings. The molecule has 0 saturated carbocycles. The minimum atomic E-state index is -4.72. The maximum absolute atomic E-state index is 13.5. The quantitative estimate of drug-likeness (QED) is 0.428. The van der Waals surface area contributed by atoms with Crippen molar-refractivity contribution in [2.24, 2.45) is 10.8 Å². The van der Waals surface area contributed by atoms with E-state index in [9.17, 15) is 18.0 Å². The maximum atomic E-state index is 13.5. The molecular formula is C22H27F3O2. The molecule has 27 heavy (non-hydrogen) atoms. The highest BCUT2D eigenvalue weighted by atomic mass is 19.4. The number of esters is 1. The van der Waals surface area contributed by atoms with Crippen LogP contribution < -0.4 is 4.74 Å². The van der Waals surface area contributed by atoms with Crippen LogP contribution in [0.4, 0.5) is 13.2 Å². The van der Waals surface area contributed by atoms with Crippen molar-refractivity contribution < 1.29 is 22.7 Å². The van der Waals surface area contributed by atoms with Gasteiger partial charge in [0.2, 0.25) is 0 Å². The summed E-state index contributed by atoms with van der Waals surface area (Å²) in [7, 11) is 0. The highest BCUT2D eigenvalue weighted by Gasteiger charge is 2.64. The lowest BCUT2D eigenvalue weighted by atomic mass is 9.67. The van der Waals surface area contributed by atoms with Crippen LogP contribution in [0.2, 0.25) is 0 Å². The Balaban J connectivity index is 0.00000176. The number of ether oxygens (including phenoxy) is 1. The summed E-state index contributed by atoms with van der Waals surface area (Å²) >= 11 is 0. The van der Waals surface area contributed by atoms with Crippen molar-refractivity contribution in [3.8, 4) is 16.9 Å². The third kappa shape index (κ3) is 4.90. The first-order valence-electron chi connectivity index (χ1n) is 8.91. The van der Waals surface area contributed by atoms with Crippen LogP contribution in [0, 0.1) is 10.8 Å². The van der Waals surface area contributed by atoms with Gasteiger partial charge in [0.05, 0.1) is 0 Å². The minimum Gasteiger partial charge on any atom is -0.426 e. The van der Waals surface area contributed by atoms with E-state index in [2.05, 4.69) is 0 Å². The summed E-state index contributed by atoms with van der Waals surface area (Å²) in [5.41, 5.74) is -2.10. The largest absolute Gasteiger partial charge is 0.426 e. The molecule has 0 aliphatic rings. The Hall–Kier alpha value is -2.30. The van der Waals surface area contributed by atoms with E-state index in [1.54, 1.807) is 12.1 Å². The molecule has 2 rings (SSSR count). The summed E-state index contributed by atoms with van der Waals surface area (Å²) in [6, 6.07) is 15.9. The Bertz CT molecular complexity index is 713. The van der Waals surface area contributed by atoms with Crippen LogP contribution in [0.15, 0.2) is 54.6 Å². The second-order valence-electron chi connectivity index (χ2n) is 7.15. The van der Waals surface area contributed by atoms with Gasteiger partial charge in [-0.3, -0.25) is 4.79 Å². The number of carbonyl (C=O) groups is 1. The van der Waals surface area contributed by atoms with Gasteiger partial charge >= 0.3 is 12.1 Å². The Morgan fingerprint density at radius 3 is 1.63 bits per heavy atom. The Labute approximate surface area is 159 Å². The van der Waals surface area contributed by atoms with Gasteiger partial charge in [-0.2, -0.15) is 13.2 Å². The van der Waals surface area contributed by atoms with Crippen LogP contribution in [0.25, 0.3) is 11.1 Å². The molecule has 1 atom stereocenters. The molecule has 148 valence electrons. The van der Waals surface area contributed by atoms with E-state index >= 15 is 0 Å². The Morgan fingerprint density at radius 2 is 1.22 bits per heavy atom. The average Bonchev–Trinajstić information content (AvgIpc) is 2.62. The smallest absolute Gasteiger partial charge is 0.405 e. The average molecular weight is 380 g/mol. The zero-order chi connectivity index (χ0) is 20.9. The highest BCUT2D eigenvalue weighted by Crippen LogP contribution is 2.51. The van der Waals surface area contributed by atoms with Crippen molar-refractivity contribution in [1.82, 2.24) is 0 Å². The molecule has 0 bridgehead atoms. The lowest BCUT2D eigenvalue weighted by Crippen LogP contribution is -2.53. The first-order valence-corrected chi connectivity index (χ1v) is 8.91. The van der Waals surface area contributed by atoms with Gasteiger partial charge in [0, 0.05) is 0 Å². The molecule has 0 N–H and O–H groups in total. The predicted octanol–water partition coefficient (Wildman–Crippen LogP) is 6.90. The first-order chi connectivity index (χ1) is 12.5. The van der Waals surface area contributed by atoms with E-state index in [-0.39, 0.29) is 5.75 Å². The monoisotopic (exact) mass is 380 g/mol. The second kappa shape index (κ2) is 8.59. The van der Waals surface area contributed by atoms with Gasteiger partial charge in [-0.25, -0.2) is 0 Å². The lowest BCUT2D eigenvalue weighted by Gasteiger charge is -2.40. The fourth-order valence-electron chi connectivity index (χ4n) is 2.40. The topological polar surface area (TPSA) is 26.3 Å². The van der Waals surface area contributed by atoms with Crippen LogP contribution in [0.3, 0.4) is 0 Å². The maximum Gasteiger partial charge on any atom is 0.405 e. The molecule has 0 radical (unpaired) electrons. The minimum absolute atomic E-state index is 0.0874. The number of halogens is 3. The third-order valence-corrected chi connectivity index (χ3v) is 4.65. The van der Waals surface area contributed by atoms with Crippen LogP contribution in [0.1, 0.15) is 41.5 Å². The van der Waals surface area contributed by atoms with Crippen molar-refractivity contribution in [2.75, 3.05) is 0 Å². The fourth-order valence-corrected chi connectivity index (χ4v) is 2.40. The summed E-state index contributed by atoms with van der Waals surface area (Å²) in [6.45, 7) is 9.01. The molecule has 0 spiro atoms.